The summed E-state index contributed by atoms with van der Waals surface area (Å²) in [6, 6.07) is 2.86. The highest BCUT2D eigenvalue weighted by molar-refractivity contribution is 9.10. The van der Waals surface area contributed by atoms with Crippen molar-refractivity contribution >= 4 is 21.8 Å². The summed E-state index contributed by atoms with van der Waals surface area (Å²) >= 11 is 2.92. The number of piperidine rings is 1. The Kier molecular flexibility index (Phi) is 4.86. The summed E-state index contributed by atoms with van der Waals surface area (Å²) in [6.07, 6.45) is -6.99. The van der Waals surface area contributed by atoms with Crippen LogP contribution in [0.5, 0.6) is 5.75 Å². The van der Waals surface area contributed by atoms with Crippen molar-refractivity contribution in [2.24, 2.45) is 0 Å². The average molecular weight is 404 g/mol. The lowest BCUT2D eigenvalue weighted by atomic mass is 10.0. The molecule has 1 aliphatic rings. The molecule has 1 heterocycles. The number of nitrogens with zero attached hydrogens (tertiary/aromatic N) is 1. The monoisotopic (exact) mass is 403 g/mol. The maximum Gasteiger partial charge on any atom is 0.573 e. The molecule has 128 valence electrons. The van der Waals surface area contributed by atoms with Crippen LogP contribution in [-0.2, 0) is 0 Å². The van der Waals surface area contributed by atoms with E-state index in [2.05, 4.69) is 20.7 Å². The average Bonchev–Trinajstić information content (AvgIpc) is 2.33. The molecule has 0 radical (unpaired) electrons. The van der Waals surface area contributed by atoms with E-state index in [1.807, 2.05) is 0 Å². The number of aliphatic hydroxyl groups excluding tert-OH is 1. The fourth-order valence-electron chi connectivity index (χ4n) is 2.26. The quantitative estimate of drug-likeness (QED) is 0.771. The minimum absolute atomic E-state index is 0.0346. The summed E-state index contributed by atoms with van der Waals surface area (Å²) in [5.41, 5.74) is -0.107. The first-order valence-corrected chi connectivity index (χ1v) is 7.17. The molecule has 23 heavy (non-hydrogen) atoms. The molecule has 1 N–H and O–H groups in total. The van der Waals surface area contributed by atoms with Gasteiger partial charge in [-0.3, -0.25) is 4.79 Å². The highest BCUT2D eigenvalue weighted by Gasteiger charge is 2.42. The van der Waals surface area contributed by atoms with Gasteiger partial charge in [0.25, 0.3) is 11.8 Å². The van der Waals surface area contributed by atoms with E-state index >= 15 is 0 Å². The Morgan fingerprint density at radius 2 is 2.04 bits per heavy atom. The molecule has 1 aromatic rings. The van der Waals surface area contributed by atoms with Crippen LogP contribution in [0.3, 0.4) is 0 Å². The lowest BCUT2D eigenvalue weighted by molar-refractivity contribution is -0.274. The van der Waals surface area contributed by atoms with Crippen molar-refractivity contribution in [3.63, 3.8) is 0 Å². The van der Waals surface area contributed by atoms with E-state index in [-0.39, 0.29) is 16.6 Å². The number of carbonyl (C=O) groups is 1. The standard InChI is InChI=1S/C13H11BrF5NO3/c14-10-3-8(23-13(17,18)19)1-2-9(10)11(22)20-5-7(21)4-12(15,16)6-20/h1-3,7,21H,4-6H2. The number of rotatable bonds is 2. The molecular weight excluding hydrogens is 393 g/mol. The molecule has 1 fully saturated rings. The number of hydrogen-bond acceptors (Lipinski definition) is 3. The van der Waals surface area contributed by atoms with Crippen molar-refractivity contribution in [1.29, 1.82) is 0 Å². The first kappa shape index (κ1) is 17.9. The van der Waals surface area contributed by atoms with Gasteiger partial charge >= 0.3 is 6.36 Å². The van der Waals surface area contributed by atoms with Gasteiger partial charge in [0.15, 0.2) is 0 Å². The van der Waals surface area contributed by atoms with Gasteiger partial charge in [0, 0.05) is 17.4 Å². The summed E-state index contributed by atoms with van der Waals surface area (Å²) in [4.78, 5) is 13.0. The Morgan fingerprint density at radius 3 is 2.57 bits per heavy atom. The van der Waals surface area contributed by atoms with Gasteiger partial charge in [-0.15, -0.1) is 13.2 Å². The number of carbonyl (C=O) groups excluding carboxylic acids is 1. The lowest BCUT2D eigenvalue weighted by Crippen LogP contribution is -2.51. The molecular formula is C13H11BrF5NO3. The van der Waals surface area contributed by atoms with Crippen molar-refractivity contribution in [3.8, 4) is 5.75 Å². The number of halogens is 6. The minimum Gasteiger partial charge on any atom is -0.406 e. The van der Waals surface area contributed by atoms with Crippen LogP contribution >= 0.6 is 15.9 Å². The first-order valence-electron chi connectivity index (χ1n) is 6.37. The Labute approximate surface area is 136 Å². The van der Waals surface area contributed by atoms with Crippen LogP contribution in [0.15, 0.2) is 22.7 Å². The minimum atomic E-state index is -4.88. The number of ether oxygens (including phenoxy) is 1. The number of benzene rings is 1. The van der Waals surface area contributed by atoms with Crippen LogP contribution in [0, 0.1) is 0 Å². The normalized spacial score (nSPS) is 21.2. The van der Waals surface area contributed by atoms with Crippen LogP contribution in [0.2, 0.25) is 0 Å². The molecule has 1 aromatic carbocycles. The summed E-state index contributed by atoms with van der Waals surface area (Å²) in [5, 5.41) is 9.42. The van der Waals surface area contributed by atoms with Gasteiger partial charge < -0.3 is 14.7 Å². The Balaban J connectivity index is 2.19. The van der Waals surface area contributed by atoms with Crippen molar-refractivity contribution in [3.05, 3.63) is 28.2 Å². The molecule has 1 atom stereocenters. The van der Waals surface area contributed by atoms with Crippen LogP contribution < -0.4 is 4.74 Å². The summed E-state index contributed by atoms with van der Waals surface area (Å²) in [5.74, 6) is -4.60. The summed E-state index contributed by atoms with van der Waals surface area (Å²) in [7, 11) is 0. The second-order valence-corrected chi connectivity index (χ2v) is 5.94. The van der Waals surface area contributed by atoms with Crippen LogP contribution in [0.4, 0.5) is 22.0 Å². The van der Waals surface area contributed by atoms with Crippen molar-refractivity contribution < 1.29 is 36.6 Å². The Hall–Kier alpha value is -1.42. The van der Waals surface area contributed by atoms with Gasteiger partial charge in [-0.1, -0.05) is 0 Å². The van der Waals surface area contributed by atoms with E-state index in [9.17, 15) is 31.9 Å². The Bertz CT molecular complexity index is 608. The summed E-state index contributed by atoms with van der Waals surface area (Å²) < 4.78 is 66.9. The van der Waals surface area contributed by atoms with Crippen molar-refractivity contribution in [2.45, 2.75) is 24.8 Å². The van der Waals surface area contributed by atoms with E-state index in [1.54, 1.807) is 0 Å². The maximum absolute atomic E-state index is 13.4. The molecule has 0 spiro atoms. The van der Waals surface area contributed by atoms with Gasteiger partial charge in [-0.05, 0) is 34.1 Å². The van der Waals surface area contributed by atoms with Gasteiger partial charge in [0.2, 0.25) is 0 Å². The third kappa shape index (κ3) is 4.77. The molecule has 4 nitrogen and oxygen atoms in total. The summed E-state index contributed by atoms with van der Waals surface area (Å²) in [6.45, 7) is -1.14. The Morgan fingerprint density at radius 1 is 1.39 bits per heavy atom. The van der Waals surface area contributed by atoms with Gasteiger partial charge in [-0.25, -0.2) is 8.78 Å². The molecule has 1 saturated heterocycles. The predicted octanol–water partition coefficient (Wildman–Crippen LogP) is 3.19. The molecule has 1 amide bonds. The molecule has 10 heteroatoms. The van der Waals surface area contributed by atoms with Gasteiger partial charge in [-0.2, -0.15) is 0 Å². The number of amides is 1. The third-order valence-electron chi connectivity index (χ3n) is 3.08. The van der Waals surface area contributed by atoms with E-state index in [0.717, 1.165) is 23.1 Å². The highest BCUT2D eigenvalue weighted by atomic mass is 79.9. The molecule has 0 bridgehead atoms. The molecule has 1 aliphatic heterocycles. The largest absolute Gasteiger partial charge is 0.573 e. The van der Waals surface area contributed by atoms with E-state index in [4.69, 9.17) is 0 Å². The van der Waals surface area contributed by atoms with Gasteiger partial charge in [0.1, 0.15) is 5.75 Å². The molecule has 0 aliphatic carbocycles. The van der Waals surface area contributed by atoms with Crippen LogP contribution in [0.1, 0.15) is 16.8 Å². The topological polar surface area (TPSA) is 49.8 Å². The molecule has 0 aromatic heterocycles. The third-order valence-corrected chi connectivity index (χ3v) is 3.74. The second kappa shape index (κ2) is 6.23. The maximum atomic E-state index is 13.4. The van der Waals surface area contributed by atoms with E-state index < -0.39 is 43.0 Å². The smallest absolute Gasteiger partial charge is 0.406 e. The second-order valence-electron chi connectivity index (χ2n) is 5.09. The fourth-order valence-corrected chi connectivity index (χ4v) is 2.79. The zero-order valence-electron chi connectivity index (χ0n) is 11.4. The zero-order chi connectivity index (χ0) is 17.4. The lowest BCUT2D eigenvalue weighted by Gasteiger charge is -2.35. The van der Waals surface area contributed by atoms with Crippen LogP contribution in [-0.4, -0.2) is 47.4 Å². The molecule has 1 unspecified atom stereocenters. The highest BCUT2D eigenvalue weighted by Crippen LogP contribution is 2.31. The number of alkyl halides is 5. The predicted molar refractivity (Wildman–Crippen MR) is 72.3 cm³/mol. The van der Waals surface area contributed by atoms with Crippen molar-refractivity contribution in [2.75, 3.05) is 13.1 Å². The van der Waals surface area contributed by atoms with Crippen LogP contribution in [0.25, 0.3) is 0 Å². The number of hydrogen-bond donors (Lipinski definition) is 1. The number of likely N-dealkylation sites (tertiary alicyclic amines) is 1. The van der Waals surface area contributed by atoms with Gasteiger partial charge in [0.05, 0.1) is 18.2 Å². The van der Waals surface area contributed by atoms with E-state index in [1.165, 1.54) is 0 Å². The molecule has 0 saturated carbocycles. The first-order chi connectivity index (χ1) is 10.5. The number of aliphatic hydroxyl groups is 1. The van der Waals surface area contributed by atoms with E-state index in [0.29, 0.717) is 0 Å². The SMILES string of the molecule is O=C(c1ccc(OC(F)(F)F)cc1Br)N1CC(O)CC(F)(F)C1. The zero-order valence-corrected chi connectivity index (χ0v) is 13.0. The van der Waals surface area contributed by atoms with Crippen molar-refractivity contribution in [1.82, 2.24) is 4.90 Å². The number of β-amino-alcohol motifs (C(OH)–C–C–N with tert-alkyl or cyclic N) is 1. The fraction of sp³-hybridized carbons (Fsp3) is 0.462. The molecule has 2 rings (SSSR count).